The fourth-order valence-electron chi connectivity index (χ4n) is 1.63. The molecule has 0 saturated carbocycles. The van der Waals surface area contributed by atoms with Crippen molar-refractivity contribution in [2.75, 3.05) is 25.0 Å². The average Bonchev–Trinajstić information content (AvgIpc) is 2.39. The minimum Gasteiger partial charge on any atom is -0.325 e. The minimum atomic E-state index is 0.0431. The molecular formula is C13H19BrN2O. The average molecular weight is 299 g/mol. The monoisotopic (exact) mass is 298 g/mol. The van der Waals surface area contributed by atoms with Crippen molar-refractivity contribution in [3.8, 4) is 0 Å². The lowest BCUT2D eigenvalue weighted by atomic mass is 10.2. The predicted octanol–water partition coefficient (Wildman–Crippen LogP) is 3.48. The summed E-state index contributed by atoms with van der Waals surface area (Å²) < 4.78 is 0. The fraction of sp³-hybridized carbons (Fsp3) is 0.462. The van der Waals surface area contributed by atoms with Gasteiger partial charge in [0.15, 0.2) is 0 Å². The van der Waals surface area contributed by atoms with Gasteiger partial charge in [-0.15, -0.1) is 0 Å². The summed E-state index contributed by atoms with van der Waals surface area (Å²) in [5, 5.41) is 0.834. The van der Waals surface area contributed by atoms with E-state index in [0.29, 0.717) is 0 Å². The van der Waals surface area contributed by atoms with Crippen LogP contribution in [0.5, 0.6) is 0 Å². The van der Waals surface area contributed by atoms with E-state index in [9.17, 15) is 4.79 Å². The van der Waals surface area contributed by atoms with Gasteiger partial charge in [-0.2, -0.15) is 0 Å². The third-order valence-corrected chi connectivity index (χ3v) is 3.45. The van der Waals surface area contributed by atoms with Gasteiger partial charge in [0.2, 0.25) is 0 Å². The summed E-state index contributed by atoms with van der Waals surface area (Å²) >= 11 is 3.40. The predicted molar refractivity (Wildman–Crippen MR) is 75.8 cm³/mol. The molecule has 1 aromatic rings. The van der Waals surface area contributed by atoms with Crippen LogP contribution in [0.15, 0.2) is 24.3 Å². The quantitative estimate of drug-likeness (QED) is 0.781. The molecule has 1 rings (SSSR count). The van der Waals surface area contributed by atoms with E-state index in [2.05, 4.69) is 15.9 Å². The number of amides is 2. The van der Waals surface area contributed by atoms with Gasteiger partial charge in [-0.1, -0.05) is 28.1 Å². The number of benzene rings is 1. The van der Waals surface area contributed by atoms with E-state index in [0.717, 1.165) is 24.1 Å². The Morgan fingerprint density at radius 3 is 2.12 bits per heavy atom. The number of carbonyl (C=O) groups excluding carboxylic acids is 1. The van der Waals surface area contributed by atoms with Crippen molar-refractivity contribution < 1.29 is 4.79 Å². The molecule has 0 N–H and O–H groups in total. The highest BCUT2D eigenvalue weighted by Crippen LogP contribution is 2.16. The fourth-order valence-corrected chi connectivity index (χ4v) is 2.00. The minimum absolute atomic E-state index is 0.0431. The van der Waals surface area contributed by atoms with Crippen LogP contribution >= 0.6 is 15.9 Å². The first-order valence-electron chi connectivity index (χ1n) is 5.81. The molecular weight excluding hydrogens is 280 g/mol. The molecule has 17 heavy (non-hydrogen) atoms. The molecule has 2 amide bonds. The van der Waals surface area contributed by atoms with Gasteiger partial charge < -0.3 is 4.90 Å². The maximum absolute atomic E-state index is 12.1. The molecule has 0 unspecified atom stereocenters. The smallest absolute Gasteiger partial charge is 0.324 e. The zero-order chi connectivity index (χ0) is 12.8. The van der Waals surface area contributed by atoms with Crippen molar-refractivity contribution in [2.45, 2.75) is 19.2 Å². The summed E-state index contributed by atoms with van der Waals surface area (Å²) in [6, 6.07) is 8.03. The number of halogens is 1. The van der Waals surface area contributed by atoms with Crippen molar-refractivity contribution in [1.29, 1.82) is 0 Å². The van der Waals surface area contributed by atoms with Crippen LogP contribution in [-0.2, 0) is 5.33 Å². The highest BCUT2D eigenvalue weighted by Gasteiger charge is 2.15. The third-order valence-electron chi connectivity index (χ3n) is 2.80. The molecule has 3 nitrogen and oxygen atoms in total. The van der Waals surface area contributed by atoms with E-state index >= 15 is 0 Å². The lowest BCUT2D eigenvalue weighted by Crippen LogP contribution is -2.41. The SMILES string of the molecule is CCN(CC)C(=O)N(C)c1ccc(CBr)cc1. The van der Waals surface area contributed by atoms with Crippen LogP contribution in [0.2, 0.25) is 0 Å². The van der Waals surface area contributed by atoms with Crippen LogP contribution in [0.3, 0.4) is 0 Å². The molecule has 0 aliphatic heterocycles. The topological polar surface area (TPSA) is 23.6 Å². The number of anilines is 1. The Labute approximate surface area is 112 Å². The van der Waals surface area contributed by atoms with Crippen molar-refractivity contribution in [2.24, 2.45) is 0 Å². The van der Waals surface area contributed by atoms with Gasteiger partial charge in [-0.3, -0.25) is 4.90 Å². The Kier molecular flexibility index (Phi) is 5.48. The third kappa shape index (κ3) is 3.46. The van der Waals surface area contributed by atoms with E-state index in [1.54, 1.807) is 9.80 Å². The Bertz CT molecular complexity index is 360. The molecule has 4 heteroatoms. The van der Waals surface area contributed by atoms with Gasteiger partial charge in [-0.25, -0.2) is 4.79 Å². The largest absolute Gasteiger partial charge is 0.325 e. The van der Waals surface area contributed by atoms with E-state index in [1.807, 2.05) is 45.2 Å². The summed E-state index contributed by atoms with van der Waals surface area (Å²) in [6.45, 7) is 5.45. The number of nitrogens with zero attached hydrogens (tertiary/aromatic N) is 2. The second-order valence-electron chi connectivity index (χ2n) is 3.81. The van der Waals surface area contributed by atoms with Crippen LogP contribution in [0, 0.1) is 0 Å². The number of alkyl halides is 1. The zero-order valence-corrected chi connectivity index (χ0v) is 12.2. The summed E-state index contributed by atoms with van der Waals surface area (Å²) in [6.07, 6.45) is 0. The summed E-state index contributed by atoms with van der Waals surface area (Å²) in [5.41, 5.74) is 2.13. The highest BCUT2D eigenvalue weighted by molar-refractivity contribution is 9.08. The van der Waals surface area contributed by atoms with E-state index < -0.39 is 0 Å². The van der Waals surface area contributed by atoms with Gasteiger partial charge in [-0.05, 0) is 31.5 Å². The van der Waals surface area contributed by atoms with Gasteiger partial charge >= 0.3 is 6.03 Å². The van der Waals surface area contributed by atoms with Gasteiger partial charge in [0, 0.05) is 31.2 Å². The summed E-state index contributed by atoms with van der Waals surface area (Å²) in [7, 11) is 1.81. The Hall–Kier alpha value is -1.03. The first-order chi connectivity index (χ1) is 8.13. The molecule has 0 radical (unpaired) electrons. The van der Waals surface area contributed by atoms with E-state index in [4.69, 9.17) is 0 Å². The lowest BCUT2D eigenvalue weighted by Gasteiger charge is -2.26. The first-order valence-corrected chi connectivity index (χ1v) is 6.93. The molecule has 0 fully saturated rings. The number of hydrogen-bond acceptors (Lipinski definition) is 1. The maximum atomic E-state index is 12.1. The first kappa shape index (κ1) is 14.0. The Balaban J connectivity index is 2.80. The second-order valence-corrected chi connectivity index (χ2v) is 4.37. The molecule has 0 spiro atoms. The maximum Gasteiger partial charge on any atom is 0.324 e. The molecule has 0 aliphatic rings. The number of carbonyl (C=O) groups is 1. The Morgan fingerprint density at radius 1 is 1.18 bits per heavy atom. The molecule has 0 aliphatic carbocycles. The number of rotatable bonds is 4. The molecule has 0 saturated heterocycles. The molecule has 0 aromatic heterocycles. The summed E-state index contributed by atoms with van der Waals surface area (Å²) in [5.74, 6) is 0. The van der Waals surface area contributed by atoms with Crippen LogP contribution < -0.4 is 4.90 Å². The lowest BCUT2D eigenvalue weighted by molar-refractivity contribution is 0.211. The highest BCUT2D eigenvalue weighted by atomic mass is 79.9. The van der Waals surface area contributed by atoms with Crippen LogP contribution in [0.4, 0.5) is 10.5 Å². The zero-order valence-electron chi connectivity index (χ0n) is 10.6. The molecule has 0 heterocycles. The van der Waals surface area contributed by atoms with Crippen LogP contribution in [-0.4, -0.2) is 31.1 Å². The molecule has 94 valence electrons. The van der Waals surface area contributed by atoms with E-state index in [-0.39, 0.29) is 6.03 Å². The van der Waals surface area contributed by atoms with Crippen molar-refractivity contribution in [3.63, 3.8) is 0 Å². The molecule has 1 aromatic carbocycles. The van der Waals surface area contributed by atoms with Crippen molar-refractivity contribution >= 4 is 27.6 Å². The van der Waals surface area contributed by atoms with E-state index in [1.165, 1.54) is 5.56 Å². The Morgan fingerprint density at radius 2 is 1.71 bits per heavy atom. The van der Waals surface area contributed by atoms with Crippen molar-refractivity contribution in [1.82, 2.24) is 4.90 Å². The van der Waals surface area contributed by atoms with Crippen LogP contribution in [0.1, 0.15) is 19.4 Å². The number of urea groups is 1. The second kappa shape index (κ2) is 6.64. The molecule has 0 atom stereocenters. The molecule has 0 bridgehead atoms. The van der Waals surface area contributed by atoms with Gasteiger partial charge in [0.1, 0.15) is 0 Å². The standard InChI is InChI=1S/C13H19BrN2O/c1-4-16(5-2)13(17)15(3)12-8-6-11(10-14)7-9-12/h6-9H,4-5,10H2,1-3H3. The summed E-state index contributed by atoms with van der Waals surface area (Å²) in [4.78, 5) is 15.6. The van der Waals surface area contributed by atoms with Crippen LogP contribution in [0.25, 0.3) is 0 Å². The van der Waals surface area contributed by atoms with Gasteiger partial charge in [0.25, 0.3) is 0 Å². The normalized spacial score (nSPS) is 10.1. The number of hydrogen-bond donors (Lipinski definition) is 0. The van der Waals surface area contributed by atoms with Crippen molar-refractivity contribution in [3.05, 3.63) is 29.8 Å². The van der Waals surface area contributed by atoms with Gasteiger partial charge in [0.05, 0.1) is 0 Å².